The van der Waals surface area contributed by atoms with Gasteiger partial charge in [-0.15, -0.1) is 0 Å². The Labute approximate surface area is 194 Å². The van der Waals surface area contributed by atoms with Crippen molar-refractivity contribution in [1.82, 2.24) is 4.98 Å². The van der Waals surface area contributed by atoms with Crippen LogP contribution in [0.2, 0.25) is 0 Å². The summed E-state index contributed by atoms with van der Waals surface area (Å²) in [7, 11) is 0. The van der Waals surface area contributed by atoms with Crippen molar-refractivity contribution in [1.29, 1.82) is 0 Å². The van der Waals surface area contributed by atoms with Crippen LogP contribution in [0.5, 0.6) is 0 Å². The normalized spacial score (nSPS) is 21.2. The van der Waals surface area contributed by atoms with E-state index >= 15 is 0 Å². The molecule has 2 atom stereocenters. The summed E-state index contributed by atoms with van der Waals surface area (Å²) in [6.07, 6.45) is 3.56. The molecule has 3 N–H and O–H groups in total. The van der Waals surface area contributed by atoms with E-state index < -0.39 is 22.8 Å². The van der Waals surface area contributed by atoms with Gasteiger partial charge in [-0.05, 0) is 48.7 Å². The lowest BCUT2D eigenvalue weighted by Crippen LogP contribution is -2.65. The number of primary amides is 1. The highest BCUT2D eigenvalue weighted by Gasteiger charge is 2.57. The van der Waals surface area contributed by atoms with E-state index in [0.29, 0.717) is 6.54 Å². The smallest absolute Gasteiger partial charge is 0.224 e. The van der Waals surface area contributed by atoms with Crippen LogP contribution >= 0.6 is 0 Å². The maximum Gasteiger partial charge on any atom is 0.224 e. The molecule has 6 nitrogen and oxygen atoms in total. The first kappa shape index (κ1) is 22.5. The van der Waals surface area contributed by atoms with Crippen LogP contribution in [0.4, 0.5) is 11.4 Å². The summed E-state index contributed by atoms with van der Waals surface area (Å²) in [6, 6.07) is 19.8. The van der Waals surface area contributed by atoms with Crippen molar-refractivity contribution in [2.75, 3.05) is 10.2 Å². The Morgan fingerprint density at radius 1 is 1.06 bits per heavy atom. The third-order valence-corrected chi connectivity index (χ3v) is 6.85. The van der Waals surface area contributed by atoms with Crippen LogP contribution in [0, 0.1) is 5.92 Å². The summed E-state index contributed by atoms with van der Waals surface area (Å²) in [5, 5.41) is 3.43. The van der Waals surface area contributed by atoms with Gasteiger partial charge in [0.05, 0.1) is 17.1 Å². The number of carbonyl (C=O) groups excluding carboxylic acids is 2. The third-order valence-electron chi connectivity index (χ3n) is 6.85. The molecule has 1 aromatic heterocycles. The summed E-state index contributed by atoms with van der Waals surface area (Å²) >= 11 is 0. The van der Waals surface area contributed by atoms with Crippen LogP contribution in [0.1, 0.15) is 44.4 Å². The molecule has 2 amide bonds. The number of carbonyl (C=O) groups is 2. The fraction of sp³-hybridized carbons (Fsp3) is 0.296. The van der Waals surface area contributed by atoms with Crippen LogP contribution < -0.4 is 16.0 Å². The minimum absolute atomic E-state index is 0.132. The molecule has 0 saturated carbocycles. The summed E-state index contributed by atoms with van der Waals surface area (Å²) in [5.41, 5.74) is 9.09. The summed E-state index contributed by atoms with van der Waals surface area (Å²) in [4.78, 5) is 31.7. The molecule has 170 valence electrons. The molecule has 0 aliphatic carbocycles. The number of nitrogens with one attached hydrogen (secondary N) is 1. The van der Waals surface area contributed by atoms with Gasteiger partial charge < -0.3 is 16.0 Å². The van der Waals surface area contributed by atoms with E-state index in [2.05, 4.69) is 17.2 Å². The molecule has 2 unspecified atom stereocenters. The van der Waals surface area contributed by atoms with Crippen LogP contribution in [0.3, 0.4) is 0 Å². The second kappa shape index (κ2) is 8.35. The molecule has 0 bridgehead atoms. The van der Waals surface area contributed by atoms with Crippen LogP contribution in [-0.2, 0) is 21.5 Å². The van der Waals surface area contributed by atoms with Crippen molar-refractivity contribution in [2.45, 2.75) is 45.2 Å². The lowest BCUT2D eigenvalue weighted by molar-refractivity contribution is -0.127. The lowest BCUT2D eigenvalue weighted by atomic mass is 9.57. The number of aromatic nitrogens is 1. The number of benzene rings is 2. The van der Waals surface area contributed by atoms with E-state index in [0.717, 1.165) is 28.1 Å². The Morgan fingerprint density at radius 3 is 2.39 bits per heavy atom. The highest BCUT2D eigenvalue weighted by atomic mass is 16.2. The number of pyridine rings is 1. The number of amides is 2. The molecule has 6 heteroatoms. The van der Waals surface area contributed by atoms with E-state index in [4.69, 9.17) is 5.73 Å². The molecule has 1 aliphatic rings. The number of nitrogens with zero attached hydrogens (tertiary/aromatic N) is 2. The molecular formula is C27H30N4O2. The van der Waals surface area contributed by atoms with Crippen molar-refractivity contribution in [3.8, 4) is 0 Å². The number of rotatable bonds is 5. The number of nitrogens with two attached hydrogens (primary N) is 1. The van der Waals surface area contributed by atoms with Gasteiger partial charge in [-0.1, -0.05) is 49.4 Å². The van der Waals surface area contributed by atoms with E-state index in [1.54, 1.807) is 11.1 Å². The van der Waals surface area contributed by atoms with Gasteiger partial charge in [0.1, 0.15) is 0 Å². The zero-order chi connectivity index (χ0) is 23.8. The molecule has 0 spiro atoms. The highest BCUT2D eigenvalue weighted by Crippen LogP contribution is 2.54. The average Bonchev–Trinajstić information content (AvgIpc) is 2.77. The van der Waals surface area contributed by atoms with Crippen molar-refractivity contribution >= 4 is 23.2 Å². The number of fused-ring (bicyclic) bond motifs is 1. The SMILES string of the molecule is CC(=O)N1c2cc(NCc3cccnc3)ccc2C(C)(c2ccccc2)C(C(N)=O)C1(C)C. The van der Waals surface area contributed by atoms with Crippen molar-refractivity contribution in [2.24, 2.45) is 11.7 Å². The topological polar surface area (TPSA) is 88.3 Å². The minimum Gasteiger partial charge on any atom is -0.381 e. The maximum absolute atomic E-state index is 12.9. The molecule has 4 rings (SSSR count). The quantitative estimate of drug-likeness (QED) is 0.618. The minimum atomic E-state index is -0.836. The molecular weight excluding hydrogens is 412 g/mol. The first-order chi connectivity index (χ1) is 15.7. The molecule has 2 heterocycles. The second-order valence-corrected chi connectivity index (χ2v) is 9.36. The first-order valence-electron chi connectivity index (χ1n) is 11.1. The standard InChI is InChI=1S/C27H30N4O2/c1-18(32)31-23-15-21(30-17-19-9-8-14-29-16-19)12-13-22(23)27(4,20-10-6-5-7-11-20)24(25(28)33)26(31,2)3/h5-16,24,30H,17H2,1-4H3,(H2,28,33). The largest absolute Gasteiger partial charge is 0.381 e. The Kier molecular flexibility index (Phi) is 5.70. The van der Waals surface area contributed by atoms with E-state index in [-0.39, 0.29) is 5.91 Å². The predicted molar refractivity (Wildman–Crippen MR) is 131 cm³/mol. The van der Waals surface area contributed by atoms with Gasteiger partial charge in [0.15, 0.2) is 0 Å². The molecule has 0 fully saturated rings. The molecule has 3 aromatic rings. The summed E-state index contributed by atoms with van der Waals surface area (Å²) in [6.45, 7) is 8.03. The van der Waals surface area contributed by atoms with Gasteiger partial charge in [0.25, 0.3) is 0 Å². The van der Waals surface area contributed by atoms with E-state index in [9.17, 15) is 9.59 Å². The van der Waals surface area contributed by atoms with Gasteiger partial charge in [-0.2, -0.15) is 0 Å². The molecule has 33 heavy (non-hydrogen) atoms. The van der Waals surface area contributed by atoms with Crippen LogP contribution in [0.15, 0.2) is 73.1 Å². The maximum atomic E-state index is 12.9. The molecule has 0 radical (unpaired) electrons. The summed E-state index contributed by atoms with van der Waals surface area (Å²) < 4.78 is 0. The van der Waals surface area contributed by atoms with E-state index in [1.807, 2.05) is 80.7 Å². The van der Waals surface area contributed by atoms with Crippen LogP contribution in [0.25, 0.3) is 0 Å². The summed E-state index contributed by atoms with van der Waals surface area (Å²) in [5.74, 6) is -1.19. The predicted octanol–water partition coefficient (Wildman–Crippen LogP) is 4.25. The van der Waals surface area contributed by atoms with Gasteiger partial charge in [0, 0.05) is 37.0 Å². The fourth-order valence-electron chi connectivity index (χ4n) is 5.59. The number of hydrogen-bond acceptors (Lipinski definition) is 4. The first-order valence-corrected chi connectivity index (χ1v) is 11.1. The average molecular weight is 443 g/mol. The van der Waals surface area contributed by atoms with Crippen molar-refractivity contribution in [3.63, 3.8) is 0 Å². The van der Waals surface area contributed by atoms with Gasteiger partial charge in [0.2, 0.25) is 11.8 Å². The molecule has 0 saturated heterocycles. The monoisotopic (exact) mass is 442 g/mol. The van der Waals surface area contributed by atoms with Gasteiger partial charge in [-0.25, -0.2) is 0 Å². The number of anilines is 2. The van der Waals surface area contributed by atoms with Gasteiger partial charge >= 0.3 is 0 Å². The Hall–Kier alpha value is -3.67. The van der Waals surface area contributed by atoms with Crippen LogP contribution in [-0.4, -0.2) is 22.3 Å². The zero-order valence-corrected chi connectivity index (χ0v) is 19.5. The lowest BCUT2D eigenvalue weighted by Gasteiger charge is -2.55. The van der Waals surface area contributed by atoms with E-state index in [1.165, 1.54) is 6.92 Å². The van der Waals surface area contributed by atoms with Crippen molar-refractivity contribution < 1.29 is 9.59 Å². The van der Waals surface area contributed by atoms with Gasteiger partial charge in [-0.3, -0.25) is 14.6 Å². The Bertz CT molecular complexity index is 1180. The fourth-order valence-corrected chi connectivity index (χ4v) is 5.59. The molecule has 1 aliphatic heterocycles. The van der Waals surface area contributed by atoms with Crippen molar-refractivity contribution in [3.05, 3.63) is 89.7 Å². The zero-order valence-electron chi connectivity index (χ0n) is 19.5. The Morgan fingerprint density at radius 2 is 1.79 bits per heavy atom. The Balaban J connectivity index is 1.89. The highest BCUT2D eigenvalue weighted by molar-refractivity contribution is 5.98. The second-order valence-electron chi connectivity index (χ2n) is 9.36. The third kappa shape index (κ3) is 3.75. The molecule has 2 aromatic carbocycles. The number of hydrogen-bond donors (Lipinski definition) is 2.